The summed E-state index contributed by atoms with van der Waals surface area (Å²) in [4.78, 5) is 6.62. The lowest BCUT2D eigenvalue weighted by atomic mass is 10.2. The summed E-state index contributed by atoms with van der Waals surface area (Å²) in [5.74, 6) is 2.36. The third-order valence-corrected chi connectivity index (χ3v) is 4.73. The predicted octanol–water partition coefficient (Wildman–Crippen LogP) is 3.89. The number of anilines is 2. The molecule has 0 saturated heterocycles. The van der Waals surface area contributed by atoms with Crippen LogP contribution in [0.2, 0.25) is 0 Å². The van der Waals surface area contributed by atoms with Crippen molar-refractivity contribution < 1.29 is 14.2 Å². The first-order chi connectivity index (χ1) is 14.2. The summed E-state index contributed by atoms with van der Waals surface area (Å²) < 4.78 is 16.2. The van der Waals surface area contributed by atoms with Crippen LogP contribution in [0.5, 0.6) is 17.2 Å². The molecule has 0 aromatic heterocycles. The van der Waals surface area contributed by atoms with E-state index in [2.05, 4.69) is 56.9 Å². The van der Waals surface area contributed by atoms with Gasteiger partial charge in [0.2, 0.25) is 5.75 Å². The van der Waals surface area contributed by atoms with E-state index in [0.29, 0.717) is 29.8 Å². The standard InChI is InChI=1S/C22H28N4O3.HI/c1-23-22(25-17-13-19(27-2)21(29-4)20(14-17)28-3)24-15-16-7-9-18(10-8-16)26-11-5-6-12-26;/h5-10,13-14H,11-12,15H2,1-4H3,(H2,23,24,25);1H. The van der Waals surface area contributed by atoms with Crippen molar-refractivity contribution in [3.8, 4) is 17.2 Å². The number of nitrogens with one attached hydrogen (secondary N) is 2. The third kappa shape index (κ3) is 5.71. The number of benzene rings is 2. The van der Waals surface area contributed by atoms with Crippen LogP contribution in [0.4, 0.5) is 11.4 Å². The van der Waals surface area contributed by atoms with E-state index in [1.807, 2.05) is 12.1 Å². The molecule has 0 radical (unpaired) electrons. The number of nitrogens with zero attached hydrogens (tertiary/aromatic N) is 2. The topological polar surface area (TPSA) is 67.4 Å². The smallest absolute Gasteiger partial charge is 0.203 e. The Morgan fingerprint density at radius 1 is 0.967 bits per heavy atom. The summed E-state index contributed by atoms with van der Waals surface area (Å²) in [7, 11) is 6.50. The van der Waals surface area contributed by atoms with E-state index < -0.39 is 0 Å². The van der Waals surface area contributed by atoms with Crippen LogP contribution in [-0.4, -0.2) is 47.4 Å². The van der Waals surface area contributed by atoms with E-state index in [-0.39, 0.29) is 24.0 Å². The molecule has 1 aliphatic rings. The van der Waals surface area contributed by atoms with Crippen molar-refractivity contribution in [2.75, 3.05) is 51.7 Å². The van der Waals surface area contributed by atoms with E-state index in [9.17, 15) is 0 Å². The molecule has 2 aromatic rings. The summed E-state index contributed by atoms with van der Waals surface area (Å²) in [5, 5.41) is 6.59. The molecule has 0 spiro atoms. The number of hydrogen-bond donors (Lipinski definition) is 2. The fourth-order valence-electron chi connectivity index (χ4n) is 3.17. The molecule has 0 saturated carbocycles. The van der Waals surface area contributed by atoms with Gasteiger partial charge < -0.3 is 29.7 Å². The van der Waals surface area contributed by atoms with Gasteiger partial charge in [0, 0.05) is 50.2 Å². The van der Waals surface area contributed by atoms with Crippen LogP contribution in [0.25, 0.3) is 0 Å². The molecule has 0 amide bonds. The van der Waals surface area contributed by atoms with Crippen molar-refractivity contribution in [2.24, 2.45) is 4.99 Å². The molecular weight excluding hydrogens is 495 g/mol. The zero-order valence-corrected chi connectivity index (χ0v) is 20.1. The van der Waals surface area contributed by atoms with Gasteiger partial charge in [-0.25, -0.2) is 0 Å². The van der Waals surface area contributed by atoms with Crippen molar-refractivity contribution in [3.63, 3.8) is 0 Å². The van der Waals surface area contributed by atoms with Crippen molar-refractivity contribution in [1.82, 2.24) is 5.32 Å². The maximum atomic E-state index is 5.40. The number of hydrogen-bond acceptors (Lipinski definition) is 5. The first-order valence-electron chi connectivity index (χ1n) is 9.45. The monoisotopic (exact) mass is 524 g/mol. The number of methoxy groups -OCH3 is 3. The Kier molecular flexibility index (Phi) is 9.10. The molecule has 162 valence electrons. The summed E-state index contributed by atoms with van der Waals surface area (Å²) in [6.07, 6.45) is 4.38. The largest absolute Gasteiger partial charge is 0.493 e. The van der Waals surface area contributed by atoms with Crippen molar-refractivity contribution in [3.05, 3.63) is 54.1 Å². The summed E-state index contributed by atoms with van der Waals surface area (Å²) in [6.45, 7) is 2.61. The van der Waals surface area contributed by atoms with Gasteiger partial charge in [0.05, 0.1) is 21.3 Å². The first kappa shape index (κ1) is 23.7. The number of rotatable bonds is 7. The van der Waals surface area contributed by atoms with E-state index in [4.69, 9.17) is 14.2 Å². The van der Waals surface area contributed by atoms with E-state index in [1.54, 1.807) is 28.4 Å². The Balaban J connectivity index is 0.00000320. The highest BCUT2D eigenvalue weighted by molar-refractivity contribution is 14.0. The second kappa shape index (κ2) is 11.5. The molecule has 2 N–H and O–H groups in total. The average molecular weight is 524 g/mol. The van der Waals surface area contributed by atoms with Crippen molar-refractivity contribution in [2.45, 2.75) is 6.54 Å². The Morgan fingerprint density at radius 3 is 2.07 bits per heavy atom. The van der Waals surface area contributed by atoms with Crippen LogP contribution in [0.1, 0.15) is 5.56 Å². The third-order valence-electron chi connectivity index (χ3n) is 4.73. The van der Waals surface area contributed by atoms with Gasteiger partial charge in [0.15, 0.2) is 17.5 Å². The minimum Gasteiger partial charge on any atom is -0.493 e. The molecule has 1 heterocycles. The second-order valence-electron chi connectivity index (χ2n) is 6.51. The first-order valence-corrected chi connectivity index (χ1v) is 9.45. The highest BCUT2D eigenvalue weighted by Crippen LogP contribution is 2.39. The molecule has 8 heteroatoms. The Labute approximate surface area is 195 Å². The van der Waals surface area contributed by atoms with Crippen molar-refractivity contribution >= 4 is 41.3 Å². The van der Waals surface area contributed by atoms with Gasteiger partial charge in [-0.3, -0.25) is 4.99 Å². The number of ether oxygens (including phenoxy) is 3. The average Bonchev–Trinajstić information content (AvgIpc) is 3.31. The van der Waals surface area contributed by atoms with Crippen molar-refractivity contribution in [1.29, 1.82) is 0 Å². The molecule has 0 atom stereocenters. The van der Waals surface area contributed by atoms with Gasteiger partial charge in [-0.05, 0) is 17.7 Å². The molecule has 0 bridgehead atoms. The Morgan fingerprint density at radius 2 is 1.57 bits per heavy atom. The fourth-order valence-corrected chi connectivity index (χ4v) is 3.17. The van der Waals surface area contributed by atoms with Crippen LogP contribution in [0.3, 0.4) is 0 Å². The van der Waals surface area contributed by atoms with Gasteiger partial charge in [-0.1, -0.05) is 24.3 Å². The Bertz CT molecular complexity index is 851. The zero-order chi connectivity index (χ0) is 20.6. The van der Waals surface area contributed by atoms with Gasteiger partial charge in [-0.15, -0.1) is 24.0 Å². The van der Waals surface area contributed by atoms with Gasteiger partial charge in [-0.2, -0.15) is 0 Å². The van der Waals surface area contributed by atoms with Crippen LogP contribution in [0, 0.1) is 0 Å². The maximum absolute atomic E-state index is 5.40. The van der Waals surface area contributed by atoms with Crippen LogP contribution >= 0.6 is 24.0 Å². The quantitative estimate of drug-likeness (QED) is 0.248. The predicted molar refractivity (Wildman–Crippen MR) is 133 cm³/mol. The fraction of sp³-hybridized carbons (Fsp3) is 0.318. The van der Waals surface area contributed by atoms with Crippen LogP contribution in [0.15, 0.2) is 53.5 Å². The summed E-state index contributed by atoms with van der Waals surface area (Å²) in [5.41, 5.74) is 3.19. The maximum Gasteiger partial charge on any atom is 0.203 e. The number of aliphatic imine (C=N–C) groups is 1. The summed E-state index contributed by atoms with van der Waals surface area (Å²) in [6, 6.07) is 12.2. The van der Waals surface area contributed by atoms with E-state index in [1.165, 1.54) is 11.3 Å². The molecule has 0 aliphatic carbocycles. The highest BCUT2D eigenvalue weighted by Gasteiger charge is 2.14. The molecule has 1 aliphatic heterocycles. The highest BCUT2D eigenvalue weighted by atomic mass is 127. The zero-order valence-electron chi connectivity index (χ0n) is 17.8. The molecule has 2 aromatic carbocycles. The van der Waals surface area contributed by atoms with E-state index >= 15 is 0 Å². The molecule has 0 unspecified atom stereocenters. The summed E-state index contributed by atoms with van der Waals surface area (Å²) >= 11 is 0. The van der Waals surface area contributed by atoms with Crippen LogP contribution < -0.4 is 29.7 Å². The normalized spacial score (nSPS) is 12.9. The molecule has 3 rings (SSSR count). The second-order valence-corrected chi connectivity index (χ2v) is 6.51. The van der Waals surface area contributed by atoms with Gasteiger partial charge in [0.25, 0.3) is 0 Å². The van der Waals surface area contributed by atoms with Crippen LogP contribution in [-0.2, 0) is 6.54 Å². The lowest BCUT2D eigenvalue weighted by Crippen LogP contribution is -2.30. The van der Waals surface area contributed by atoms with E-state index in [0.717, 1.165) is 18.8 Å². The molecule has 7 nitrogen and oxygen atoms in total. The Hall–Kier alpha value is -2.62. The number of guanidine groups is 1. The SMILES string of the molecule is CN=C(NCc1ccc(N2CC=CC2)cc1)Nc1cc(OC)c(OC)c(OC)c1.I. The molecule has 30 heavy (non-hydrogen) atoms. The van der Waals surface area contributed by atoms with Gasteiger partial charge in [0.1, 0.15) is 0 Å². The minimum absolute atomic E-state index is 0. The number of halogens is 1. The molecular formula is C22H29IN4O3. The van der Waals surface area contributed by atoms with Gasteiger partial charge >= 0.3 is 0 Å². The minimum atomic E-state index is 0. The lowest BCUT2D eigenvalue weighted by molar-refractivity contribution is 0.324. The molecule has 0 fully saturated rings. The lowest BCUT2D eigenvalue weighted by Gasteiger charge is -2.18.